The van der Waals surface area contributed by atoms with E-state index in [0.29, 0.717) is 35.9 Å². The van der Waals surface area contributed by atoms with Gasteiger partial charge in [0.15, 0.2) is 17.4 Å². The van der Waals surface area contributed by atoms with Gasteiger partial charge in [0.2, 0.25) is 0 Å². The molecular formula is C23H22F5N3O2. The third-order valence-corrected chi connectivity index (χ3v) is 6.49. The molecule has 0 unspecified atom stereocenters. The molecule has 1 N–H and O–H groups in total. The monoisotopic (exact) mass is 467 g/mol. The molecule has 2 aliphatic rings. The van der Waals surface area contributed by atoms with E-state index >= 15 is 0 Å². The van der Waals surface area contributed by atoms with Gasteiger partial charge in [0.1, 0.15) is 5.69 Å². The molecular weight excluding hydrogens is 445 g/mol. The molecule has 5 rings (SSSR count). The number of ether oxygens (including phenoxy) is 1. The van der Waals surface area contributed by atoms with Crippen LogP contribution in [0.25, 0.3) is 16.6 Å². The van der Waals surface area contributed by atoms with Gasteiger partial charge in [-0.1, -0.05) is 0 Å². The van der Waals surface area contributed by atoms with Crippen LogP contribution in [0.1, 0.15) is 42.9 Å². The second kappa shape index (κ2) is 7.86. The third-order valence-electron chi connectivity index (χ3n) is 6.49. The number of aromatic nitrogens is 2. The summed E-state index contributed by atoms with van der Waals surface area (Å²) in [6, 6.07) is 6.03. The maximum Gasteiger partial charge on any atom is 0.419 e. The van der Waals surface area contributed by atoms with Gasteiger partial charge in [-0.2, -0.15) is 18.3 Å². The number of halogens is 5. The summed E-state index contributed by atoms with van der Waals surface area (Å²) in [4.78, 5) is 2.14. The van der Waals surface area contributed by atoms with Crippen LogP contribution < -0.4 is 4.90 Å². The lowest BCUT2D eigenvalue weighted by molar-refractivity contribution is -0.140. The quantitative estimate of drug-likeness (QED) is 0.514. The molecule has 10 heteroatoms. The van der Waals surface area contributed by atoms with E-state index < -0.39 is 34.8 Å². The molecule has 0 atom stereocenters. The van der Waals surface area contributed by atoms with Crippen LogP contribution in [0.3, 0.4) is 0 Å². The minimum absolute atomic E-state index is 0.122. The Labute approximate surface area is 186 Å². The highest BCUT2D eigenvalue weighted by molar-refractivity contribution is 5.88. The predicted octanol–water partition coefficient (Wildman–Crippen LogP) is 5.52. The van der Waals surface area contributed by atoms with Gasteiger partial charge in [0.25, 0.3) is 0 Å². The van der Waals surface area contributed by atoms with Crippen molar-refractivity contribution in [3.05, 3.63) is 47.2 Å². The van der Waals surface area contributed by atoms with E-state index in [-0.39, 0.29) is 12.0 Å². The molecule has 0 bridgehead atoms. The van der Waals surface area contributed by atoms with Gasteiger partial charge in [-0.05, 0) is 49.9 Å². The minimum atomic E-state index is -5.11. The zero-order valence-electron chi connectivity index (χ0n) is 17.8. The first-order valence-electron chi connectivity index (χ1n) is 10.8. The SMILES string of the molecule is CN(c1ccc2c(c1)c(C1CC1)nn2-c1cc(C(F)(F)F)c(F)c(O)c1F)C1CCOCC1. The van der Waals surface area contributed by atoms with Gasteiger partial charge < -0.3 is 14.7 Å². The van der Waals surface area contributed by atoms with E-state index in [1.54, 1.807) is 12.1 Å². The second-order valence-electron chi connectivity index (χ2n) is 8.64. The molecule has 33 heavy (non-hydrogen) atoms. The van der Waals surface area contributed by atoms with Crippen LogP contribution in [0.15, 0.2) is 24.3 Å². The summed E-state index contributed by atoms with van der Waals surface area (Å²) < 4.78 is 75.2. The zero-order valence-corrected chi connectivity index (χ0v) is 17.8. The van der Waals surface area contributed by atoms with Gasteiger partial charge in [0.05, 0.1) is 16.8 Å². The number of phenolic OH excluding ortho intramolecular Hbond substituents is 1. The van der Waals surface area contributed by atoms with E-state index in [1.165, 1.54) is 0 Å². The van der Waals surface area contributed by atoms with Crippen molar-refractivity contribution < 1.29 is 31.8 Å². The van der Waals surface area contributed by atoms with Crippen LogP contribution in [-0.2, 0) is 10.9 Å². The molecule has 1 saturated carbocycles. The first-order valence-corrected chi connectivity index (χ1v) is 10.8. The molecule has 0 amide bonds. The molecule has 1 saturated heterocycles. The third kappa shape index (κ3) is 3.80. The summed E-state index contributed by atoms with van der Waals surface area (Å²) in [5.74, 6) is -5.08. The number of benzene rings is 2. The van der Waals surface area contributed by atoms with Crippen molar-refractivity contribution in [1.82, 2.24) is 9.78 Å². The minimum Gasteiger partial charge on any atom is -0.503 e. The van der Waals surface area contributed by atoms with E-state index in [4.69, 9.17) is 4.74 Å². The number of fused-ring (bicyclic) bond motifs is 1. The van der Waals surface area contributed by atoms with Gasteiger partial charge in [-0.15, -0.1) is 0 Å². The van der Waals surface area contributed by atoms with E-state index in [1.807, 2.05) is 13.1 Å². The number of rotatable bonds is 4. The predicted molar refractivity (Wildman–Crippen MR) is 112 cm³/mol. The Morgan fingerprint density at radius 2 is 1.76 bits per heavy atom. The molecule has 5 nitrogen and oxygen atoms in total. The highest BCUT2D eigenvalue weighted by Crippen LogP contribution is 2.45. The Kier molecular flexibility index (Phi) is 5.23. The Morgan fingerprint density at radius 1 is 1.06 bits per heavy atom. The molecule has 176 valence electrons. The van der Waals surface area contributed by atoms with Crippen molar-refractivity contribution in [2.45, 2.75) is 43.8 Å². The lowest BCUT2D eigenvalue weighted by atomic mass is 10.1. The topological polar surface area (TPSA) is 50.5 Å². The molecule has 2 aromatic carbocycles. The molecule has 2 fully saturated rings. The second-order valence-corrected chi connectivity index (χ2v) is 8.64. The fourth-order valence-corrected chi connectivity index (χ4v) is 4.44. The summed E-state index contributed by atoms with van der Waals surface area (Å²) in [6.45, 7) is 1.36. The highest BCUT2D eigenvalue weighted by Gasteiger charge is 2.38. The molecule has 1 aliphatic heterocycles. The molecule has 3 aromatic rings. The Bertz CT molecular complexity index is 1210. The molecule has 0 radical (unpaired) electrons. The van der Waals surface area contributed by atoms with Gasteiger partial charge >= 0.3 is 6.18 Å². The van der Waals surface area contributed by atoms with Crippen molar-refractivity contribution in [3.63, 3.8) is 0 Å². The standard InChI is InChI=1S/C23H22F5N3O2/c1-30(13-6-8-33-9-7-13)14-4-5-17-15(10-14)21(12-2-3-12)29-31(17)18-11-16(23(26,27)28)19(24)22(32)20(18)25/h4-5,10-13,32H,2-3,6-9H2,1H3. The smallest absolute Gasteiger partial charge is 0.419 e. The van der Waals surface area contributed by atoms with Gasteiger partial charge in [-0.25, -0.2) is 13.5 Å². The van der Waals surface area contributed by atoms with Crippen molar-refractivity contribution in [1.29, 1.82) is 0 Å². The van der Waals surface area contributed by atoms with Crippen LogP contribution in [0, 0.1) is 11.6 Å². The number of hydrogen-bond donors (Lipinski definition) is 1. The summed E-state index contributed by atoms with van der Waals surface area (Å²) in [5, 5.41) is 14.9. The van der Waals surface area contributed by atoms with Crippen LogP contribution in [0.5, 0.6) is 5.75 Å². The lowest BCUT2D eigenvalue weighted by Gasteiger charge is -2.33. The number of aromatic hydroxyl groups is 1. The largest absolute Gasteiger partial charge is 0.503 e. The average molecular weight is 467 g/mol. The molecule has 0 spiro atoms. The van der Waals surface area contributed by atoms with E-state index in [2.05, 4.69) is 10.00 Å². The summed E-state index contributed by atoms with van der Waals surface area (Å²) in [7, 11) is 1.98. The van der Waals surface area contributed by atoms with Gasteiger partial charge in [0, 0.05) is 43.3 Å². The Morgan fingerprint density at radius 3 is 2.39 bits per heavy atom. The van der Waals surface area contributed by atoms with Crippen LogP contribution >= 0.6 is 0 Å². The highest BCUT2D eigenvalue weighted by atomic mass is 19.4. The van der Waals surface area contributed by atoms with Crippen molar-refractivity contribution in [2.75, 3.05) is 25.2 Å². The average Bonchev–Trinajstić information content (AvgIpc) is 3.57. The number of anilines is 1. The van der Waals surface area contributed by atoms with E-state index in [9.17, 15) is 27.1 Å². The first kappa shape index (κ1) is 21.9. The van der Waals surface area contributed by atoms with Crippen LogP contribution in [0.4, 0.5) is 27.6 Å². The fourth-order valence-electron chi connectivity index (χ4n) is 4.44. The molecule has 2 heterocycles. The summed E-state index contributed by atoms with van der Waals surface area (Å²) in [5.41, 5.74) is -0.440. The number of nitrogens with zero attached hydrogens (tertiary/aromatic N) is 3. The molecule has 1 aliphatic carbocycles. The summed E-state index contributed by atoms with van der Waals surface area (Å²) in [6.07, 6.45) is -1.60. The normalized spacial score (nSPS) is 17.6. The maximum absolute atomic E-state index is 14.8. The summed E-state index contributed by atoms with van der Waals surface area (Å²) >= 11 is 0. The van der Waals surface area contributed by atoms with Gasteiger partial charge in [-0.3, -0.25) is 0 Å². The van der Waals surface area contributed by atoms with Crippen molar-refractivity contribution in [3.8, 4) is 11.4 Å². The Balaban J connectivity index is 1.65. The number of phenols is 1. The number of hydrogen-bond acceptors (Lipinski definition) is 4. The Hall–Kier alpha value is -2.88. The van der Waals surface area contributed by atoms with Crippen molar-refractivity contribution in [2.24, 2.45) is 0 Å². The fraction of sp³-hybridized carbons (Fsp3) is 0.435. The maximum atomic E-state index is 14.8. The zero-order chi connectivity index (χ0) is 23.5. The molecule has 1 aromatic heterocycles. The van der Waals surface area contributed by atoms with Crippen LogP contribution in [-0.4, -0.2) is 41.2 Å². The number of alkyl halides is 3. The van der Waals surface area contributed by atoms with Crippen LogP contribution in [0.2, 0.25) is 0 Å². The van der Waals surface area contributed by atoms with Crippen molar-refractivity contribution >= 4 is 16.6 Å². The lowest BCUT2D eigenvalue weighted by Crippen LogP contribution is -2.36. The first-order chi connectivity index (χ1) is 15.7. The van der Waals surface area contributed by atoms with E-state index in [0.717, 1.165) is 36.1 Å².